The molecule has 1 aromatic heterocycles. The number of anilines is 1. The number of carbonyl (C=O) groups is 1. The van der Waals surface area contributed by atoms with Crippen LogP contribution in [0.3, 0.4) is 0 Å². The Hall–Kier alpha value is -2.12. The monoisotopic (exact) mass is 296 g/mol. The van der Waals surface area contributed by atoms with Crippen molar-refractivity contribution in [1.82, 2.24) is 9.78 Å². The van der Waals surface area contributed by atoms with Gasteiger partial charge in [0, 0.05) is 26.1 Å². The quantitative estimate of drug-likeness (QED) is 0.669. The van der Waals surface area contributed by atoms with Gasteiger partial charge in [-0.1, -0.05) is 20.8 Å². The molecule has 1 fully saturated rings. The van der Waals surface area contributed by atoms with E-state index in [0.717, 1.165) is 0 Å². The third-order valence-corrected chi connectivity index (χ3v) is 3.98. The lowest BCUT2D eigenvalue weighted by Gasteiger charge is -2.17. The molecule has 0 amide bonds. The van der Waals surface area contributed by atoms with Crippen LogP contribution in [0, 0.1) is 22.0 Å². The van der Waals surface area contributed by atoms with Gasteiger partial charge in [-0.3, -0.25) is 14.9 Å². The highest BCUT2D eigenvalue weighted by molar-refractivity contribution is 5.73. The highest BCUT2D eigenvalue weighted by atomic mass is 16.6. The van der Waals surface area contributed by atoms with E-state index in [1.807, 2.05) is 20.8 Å². The van der Waals surface area contributed by atoms with E-state index in [4.69, 9.17) is 0 Å². The van der Waals surface area contributed by atoms with E-state index in [0.29, 0.717) is 18.1 Å². The highest BCUT2D eigenvalue weighted by Crippen LogP contribution is 2.38. The lowest BCUT2D eigenvalue weighted by atomic mass is 9.99. The maximum absolute atomic E-state index is 11.4. The predicted molar refractivity (Wildman–Crippen MR) is 76.5 cm³/mol. The lowest BCUT2D eigenvalue weighted by Crippen LogP contribution is -2.25. The van der Waals surface area contributed by atoms with Crippen molar-refractivity contribution in [2.45, 2.75) is 26.7 Å². The van der Waals surface area contributed by atoms with Crippen molar-refractivity contribution in [3.05, 3.63) is 15.8 Å². The van der Waals surface area contributed by atoms with Crippen LogP contribution in [0.5, 0.6) is 0 Å². The Balaban J connectivity index is 2.45. The van der Waals surface area contributed by atoms with Crippen molar-refractivity contribution in [3.63, 3.8) is 0 Å². The molecule has 0 bridgehead atoms. The largest absolute Gasteiger partial charge is 0.481 e. The van der Waals surface area contributed by atoms with Crippen LogP contribution in [0.4, 0.5) is 11.5 Å². The first kappa shape index (κ1) is 15.3. The van der Waals surface area contributed by atoms with Gasteiger partial charge in [0.1, 0.15) is 5.69 Å². The fourth-order valence-electron chi connectivity index (χ4n) is 2.90. The van der Waals surface area contributed by atoms with E-state index < -0.39 is 16.8 Å². The fraction of sp³-hybridized carbons (Fsp3) is 0.692. The molecule has 8 heteroatoms. The first-order chi connectivity index (χ1) is 9.73. The van der Waals surface area contributed by atoms with E-state index in [1.165, 1.54) is 4.68 Å². The van der Waals surface area contributed by atoms with Crippen LogP contribution in [0.15, 0.2) is 0 Å². The summed E-state index contributed by atoms with van der Waals surface area (Å²) < 4.78 is 1.49. The van der Waals surface area contributed by atoms with Gasteiger partial charge in [0.2, 0.25) is 5.82 Å². The maximum Gasteiger partial charge on any atom is 0.334 e. The van der Waals surface area contributed by atoms with Gasteiger partial charge in [-0.2, -0.15) is 5.10 Å². The van der Waals surface area contributed by atoms with Crippen LogP contribution in [-0.2, 0) is 11.8 Å². The Morgan fingerprint density at radius 2 is 2.10 bits per heavy atom. The number of hydrogen-bond acceptors (Lipinski definition) is 5. The molecule has 0 spiro atoms. The number of aromatic nitrogens is 2. The Kier molecular flexibility index (Phi) is 3.89. The summed E-state index contributed by atoms with van der Waals surface area (Å²) in [5, 5.41) is 24.9. The van der Waals surface area contributed by atoms with Crippen LogP contribution in [0.25, 0.3) is 0 Å². The summed E-state index contributed by atoms with van der Waals surface area (Å²) in [7, 11) is 1.66. The van der Waals surface area contributed by atoms with Gasteiger partial charge < -0.3 is 10.0 Å². The first-order valence-corrected chi connectivity index (χ1v) is 6.93. The standard InChI is InChI=1S/C13H20N4O4/c1-7(2)10-11(17(20)21)12(15(4)14-10)16-5-8(3)9(6-16)13(18)19/h7-9H,5-6H2,1-4H3,(H,18,19). The molecule has 2 rings (SSSR count). The number of hydrogen-bond donors (Lipinski definition) is 1. The van der Waals surface area contributed by atoms with Gasteiger partial charge in [0.05, 0.1) is 10.8 Å². The van der Waals surface area contributed by atoms with E-state index in [-0.39, 0.29) is 24.1 Å². The van der Waals surface area contributed by atoms with E-state index in [1.54, 1.807) is 11.9 Å². The topological polar surface area (TPSA) is 102 Å². The zero-order chi connectivity index (χ0) is 15.9. The molecular formula is C13H20N4O4. The van der Waals surface area contributed by atoms with Gasteiger partial charge in [0.25, 0.3) is 0 Å². The van der Waals surface area contributed by atoms with Crippen LogP contribution < -0.4 is 4.90 Å². The Morgan fingerprint density at radius 3 is 2.52 bits per heavy atom. The van der Waals surface area contributed by atoms with Gasteiger partial charge in [-0.15, -0.1) is 0 Å². The maximum atomic E-state index is 11.4. The van der Waals surface area contributed by atoms with Crippen molar-refractivity contribution in [2.75, 3.05) is 18.0 Å². The minimum atomic E-state index is -0.862. The van der Waals surface area contributed by atoms with Gasteiger partial charge in [-0.25, -0.2) is 4.68 Å². The van der Waals surface area contributed by atoms with Crippen molar-refractivity contribution >= 4 is 17.5 Å². The number of carboxylic acid groups (broad SMARTS) is 1. The Labute approximate surface area is 122 Å². The molecule has 1 aliphatic heterocycles. The zero-order valence-electron chi connectivity index (χ0n) is 12.6. The second kappa shape index (κ2) is 5.34. The molecule has 1 aliphatic rings. The van der Waals surface area contributed by atoms with E-state index in [9.17, 15) is 20.0 Å². The molecule has 1 N–H and O–H groups in total. The summed E-state index contributed by atoms with van der Waals surface area (Å²) in [6.07, 6.45) is 0. The molecule has 0 saturated carbocycles. The Bertz CT molecular complexity index is 581. The van der Waals surface area contributed by atoms with Crippen LogP contribution in [0.1, 0.15) is 32.4 Å². The second-order valence-electron chi connectivity index (χ2n) is 5.92. The van der Waals surface area contributed by atoms with Gasteiger partial charge in [0.15, 0.2) is 0 Å². The molecule has 2 heterocycles. The molecule has 2 atom stereocenters. The van der Waals surface area contributed by atoms with Crippen molar-refractivity contribution < 1.29 is 14.8 Å². The minimum absolute atomic E-state index is 0.00858. The van der Waals surface area contributed by atoms with Gasteiger partial charge in [-0.05, 0) is 5.92 Å². The summed E-state index contributed by atoms with van der Waals surface area (Å²) in [5.74, 6) is -1.10. The molecule has 2 unspecified atom stereocenters. The SMILES string of the molecule is CC(C)c1nn(C)c(N2CC(C)C(C(=O)O)C2)c1[N+](=O)[O-]. The van der Waals surface area contributed by atoms with Crippen molar-refractivity contribution in [1.29, 1.82) is 0 Å². The van der Waals surface area contributed by atoms with E-state index in [2.05, 4.69) is 5.10 Å². The summed E-state index contributed by atoms with van der Waals surface area (Å²) in [5.41, 5.74) is 0.426. The van der Waals surface area contributed by atoms with Crippen molar-refractivity contribution in [3.8, 4) is 0 Å². The van der Waals surface area contributed by atoms with Crippen molar-refractivity contribution in [2.24, 2.45) is 18.9 Å². The fourth-order valence-corrected chi connectivity index (χ4v) is 2.90. The minimum Gasteiger partial charge on any atom is -0.481 e. The summed E-state index contributed by atoms with van der Waals surface area (Å²) in [4.78, 5) is 24.0. The van der Waals surface area contributed by atoms with Crippen LogP contribution in [0.2, 0.25) is 0 Å². The molecule has 1 aromatic rings. The molecule has 8 nitrogen and oxygen atoms in total. The average molecular weight is 296 g/mol. The smallest absolute Gasteiger partial charge is 0.334 e. The molecular weight excluding hydrogens is 276 g/mol. The zero-order valence-corrected chi connectivity index (χ0v) is 12.6. The molecule has 116 valence electrons. The van der Waals surface area contributed by atoms with E-state index >= 15 is 0 Å². The lowest BCUT2D eigenvalue weighted by molar-refractivity contribution is -0.385. The predicted octanol–water partition coefficient (Wildman–Crippen LogP) is 1.61. The highest BCUT2D eigenvalue weighted by Gasteiger charge is 2.40. The Morgan fingerprint density at radius 1 is 1.48 bits per heavy atom. The number of nitrogens with zero attached hydrogens (tertiary/aromatic N) is 4. The average Bonchev–Trinajstić information content (AvgIpc) is 2.89. The van der Waals surface area contributed by atoms with Crippen LogP contribution >= 0.6 is 0 Å². The molecule has 21 heavy (non-hydrogen) atoms. The van der Waals surface area contributed by atoms with Crippen LogP contribution in [-0.4, -0.2) is 38.9 Å². The molecule has 1 saturated heterocycles. The second-order valence-corrected chi connectivity index (χ2v) is 5.92. The summed E-state index contributed by atoms with van der Waals surface area (Å²) in [6.45, 7) is 6.31. The number of aryl methyl sites for hydroxylation is 1. The molecule has 0 aromatic carbocycles. The molecule has 0 aliphatic carbocycles. The third kappa shape index (κ3) is 2.57. The van der Waals surface area contributed by atoms with Gasteiger partial charge >= 0.3 is 11.7 Å². The first-order valence-electron chi connectivity index (χ1n) is 6.93. The number of carboxylic acids is 1. The summed E-state index contributed by atoms with van der Waals surface area (Å²) >= 11 is 0. The third-order valence-electron chi connectivity index (χ3n) is 3.98. The molecule has 0 radical (unpaired) electrons. The number of nitro groups is 1. The number of rotatable bonds is 4. The summed E-state index contributed by atoms with van der Waals surface area (Å²) in [6, 6.07) is 0. The normalized spacial score (nSPS) is 22.0. The number of aliphatic carboxylic acids is 1.